The predicted molar refractivity (Wildman–Crippen MR) is 105 cm³/mol. The summed E-state index contributed by atoms with van der Waals surface area (Å²) in [6, 6.07) is 4.94. The lowest BCUT2D eigenvalue weighted by atomic mass is 9.77. The topological polar surface area (TPSA) is 87.2 Å². The Kier molecular flexibility index (Phi) is 5.42. The summed E-state index contributed by atoms with van der Waals surface area (Å²) in [5.74, 6) is 0.0168. The van der Waals surface area contributed by atoms with Crippen LogP contribution in [0.4, 0.5) is 10.5 Å². The summed E-state index contributed by atoms with van der Waals surface area (Å²) in [4.78, 5) is 27.3. The Labute approximate surface area is 166 Å². The molecule has 2 amide bonds. The molecule has 1 aromatic carbocycles. The van der Waals surface area contributed by atoms with Gasteiger partial charge in [-0.1, -0.05) is 13.8 Å². The summed E-state index contributed by atoms with van der Waals surface area (Å²) in [6.45, 7) is 6.97. The number of amides is 2. The molecular formula is C19H27N3O5S. The van der Waals surface area contributed by atoms with Crippen LogP contribution in [0.25, 0.3) is 0 Å². The predicted octanol–water partition coefficient (Wildman–Crippen LogP) is 1.79. The van der Waals surface area contributed by atoms with Gasteiger partial charge in [-0.15, -0.1) is 0 Å². The molecule has 1 aromatic rings. The zero-order valence-corrected chi connectivity index (χ0v) is 17.6. The lowest BCUT2D eigenvalue weighted by Crippen LogP contribution is -2.50. The Morgan fingerprint density at radius 3 is 2.43 bits per heavy atom. The third-order valence-electron chi connectivity index (χ3n) is 5.43. The monoisotopic (exact) mass is 409 g/mol. The highest BCUT2D eigenvalue weighted by Crippen LogP contribution is 2.41. The van der Waals surface area contributed by atoms with E-state index in [-0.39, 0.29) is 23.9 Å². The number of carbonyl (C=O) groups excluding carboxylic acids is 2. The van der Waals surface area contributed by atoms with E-state index in [1.807, 2.05) is 13.8 Å². The Bertz CT molecular complexity index is 889. The second-order valence-electron chi connectivity index (χ2n) is 7.78. The van der Waals surface area contributed by atoms with Crippen LogP contribution in [-0.2, 0) is 25.0 Å². The summed E-state index contributed by atoms with van der Waals surface area (Å²) in [6.07, 6.45) is -0.0825. The normalized spacial score (nSPS) is 20.1. The van der Waals surface area contributed by atoms with Crippen molar-refractivity contribution in [2.24, 2.45) is 0 Å². The van der Waals surface area contributed by atoms with E-state index in [2.05, 4.69) is 0 Å². The molecule has 1 fully saturated rings. The van der Waals surface area contributed by atoms with E-state index in [0.29, 0.717) is 26.1 Å². The van der Waals surface area contributed by atoms with Crippen LogP contribution < -0.4 is 4.90 Å². The van der Waals surface area contributed by atoms with Crippen LogP contribution in [0.3, 0.4) is 0 Å². The molecule has 0 unspecified atom stereocenters. The minimum atomic E-state index is -3.69. The standard InChI is InChI=1S/C19H27N3O5S/c1-5-27-18(24)21-8-10-22(11-9-21)28(25,26)14-6-7-16-15(12-14)19(2,3)13-17(23)20(16)4/h6-7,12H,5,8-11,13H2,1-4H3. The number of sulfonamides is 1. The Balaban J connectivity index is 1.84. The average molecular weight is 410 g/mol. The highest BCUT2D eigenvalue weighted by molar-refractivity contribution is 7.89. The van der Waals surface area contributed by atoms with Crippen molar-refractivity contribution in [2.75, 3.05) is 44.7 Å². The molecule has 9 heteroatoms. The molecule has 28 heavy (non-hydrogen) atoms. The van der Waals surface area contributed by atoms with E-state index in [0.717, 1.165) is 11.3 Å². The summed E-state index contributed by atoms with van der Waals surface area (Å²) >= 11 is 0. The zero-order valence-electron chi connectivity index (χ0n) is 16.8. The van der Waals surface area contributed by atoms with E-state index < -0.39 is 21.5 Å². The number of nitrogens with zero attached hydrogens (tertiary/aromatic N) is 3. The van der Waals surface area contributed by atoms with Gasteiger partial charge < -0.3 is 14.5 Å². The number of piperazine rings is 1. The molecule has 154 valence electrons. The van der Waals surface area contributed by atoms with Gasteiger partial charge in [0.05, 0.1) is 11.5 Å². The van der Waals surface area contributed by atoms with Gasteiger partial charge in [-0.05, 0) is 30.7 Å². The van der Waals surface area contributed by atoms with Gasteiger partial charge in [0, 0.05) is 50.7 Å². The minimum absolute atomic E-state index is 0.0168. The molecule has 0 radical (unpaired) electrons. The van der Waals surface area contributed by atoms with Gasteiger partial charge in [0.25, 0.3) is 0 Å². The van der Waals surface area contributed by atoms with Gasteiger partial charge in [-0.25, -0.2) is 13.2 Å². The van der Waals surface area contributed by atoms with Gasteiger partial charge in [0.15, 0.2) is 0 Å². The molecule has 0 aliphatic carbocycles. The molecule has 8 nitrogen and oxygen atoms in total. The molecule has 0 bridgehead atoms. The van der Waals surface area contributed by atoms with Crippen LogP contribution in [-0.4, -0.2) is 69.5 Å². The second kappa shape index (κ2) is 7.36. The fraction of sp³-hybridized carbons (Fsp3) is 0.579. The van der Waals surface area contributed by atoms with Crippen molar-refractivity contribution in [3.8, 4) is 0 Å². The lowest BCUT2D eigenvalue weighted by molar-refractivity contribution is -0.119. The van der Waals surface area contributed by atoms with Gasteiger partial charge in [0.2, 0.25) is 15.9 Å². The Hall–Kier alpha value is -2.13. The van der Waals surface area contributed by atoms with E-state index >= 15 is 0 Å². The average Bonchev–Trinajstić information content (AvgIpc) is 2.66. The number of ether oxygens (including phenoxy) is 1. The van der Waals surface area contributed by atoms with Crippen molar-refractivity contribution in [2.45, 2.75) is 37.5 Å². The minimum Gasteiger partial charge on any atom is -0.450 e. The molecule has 0 aromatic heterocycles. The summed E-state index contributed by atoms with van der Waals surface area (Å²) in [5, 5.41) is 0. The van der Waals surface area contributed by atoms with Crippen molar-refractivity contribution >= 4 is 27.7 Å². The van der Waals surface area contributed by atoms with Gasteiger partial charge in [-0.3, -0.25) is 4.79 Å². The maximum Gasteiger partial charge on any atom is 0.409 e. The van der Waals surface area contributed by atoms with Crippen molar-refractivity contribution < 1.29 is 22.7 Å². The summed E-state index contributed by atoms with van der Waals surface area (Å²) in [5.41, 5.74) is 1.15. The van der Waals surface area contributed by atoms with Gasteiger partial charge in [0.1, 0.15) is 0 Å². The Morgan fingerprint density at radius 2 is 1.82 bits per heavy atom. The van der Waals surface area contributed by atoms with Crippen molar-refractivity contribution in [3.63, 3.8) is 0 Å². The van der Waals surface area contributed by atoms with E-state index in [1.54, 1.807) is 37.1 Å². The van der Waals surface area contributed by atoms with Crippen LogP contribution in [0.2, 0.25) is 0 Å². The number of benzene rings is 1. The quantitative estimate of drug-likeness (QED) is 0.760. The van der Waals surface area contributed by atoms with Crippen LogP contribution in [0, 0.1) is 0 Å². The maximum absolute atomic E-state index is 13.1. The molecule has 0 atom stereocenters. The maximum atomic E-state index is 13.1. The van der Waals surface area contributed by atoms with Crippen LogP contribution in [0.15, 0.2) is 23.1 Å². The SMILES string of the molecule is CCOC(=O)N1CCN(S(=O)(=O)c2ccc3c(c2)C(C)(C)CC(=O)N3C)CC1. The molecule has 3 rings (SSSR count). The zero-order chi connectivity index (χ0) is 20.7. The second-order valence-corrected chi connectivity index (χ2v) is 9.72. The first-order chi connectivity index (χ1) is 13.1. The van der Waals surface area contributed by atoms with E-state index in [1.165, 1.54) is 9.21 Å². The molecule has 2 aliphatic heterocycles. The van der Waals surface area contributed by atoms with Gasteiger partial charge >= 0.3 is 6.09 Å². The van der Waals surface area contributed by atoms with Crippen molar-refractivity contribution in [3.05, 3.63) is 23.8 Å². The highest BCUT2D eigenvalue weighted by atomic mass is 32.2. The number of hydrogen-bond donors (Lipinski definition) is 0. The van der Waals surface area contributed by atoms with E-state index in [4.69, 9.17) is 4.74 Å². The smallest absolute Gasteiger partial charge is 0.409 e. The first-order valence-electron chi connectivity index (χ1n) is 9.41. The highest BCUT2D eigenvalue weighted by Gasteiger charge is 2.37. The number of hydrogen-bond acceptors (Lipinski definition) is 5. The number of carbonyl (C=O) groups is 2. The number of anilines is 1. The molecule has 0 spiro atoms. The van der Waals surface area contributed by atoms with Gasteiger partial charge in [-0.2, -0.15) is 4.31 Å². The first-order valence-corrected chi connectivity index (χ1v) is 10.8. The molecule has 0 N–H and O–H groups in total. The van der Waals surface area contributed by atoms with Crippen LogP contribution in [0.5, 0.6) is 0 Å². The fourth-order valence-electron chi connectivity index (χ4n) is 3.71. The van der Waals surface area contributed by atoms with Crippen LogP contribution >= 0.6 is 0 Å². The van der Waals surface area contributed by atoms with Crippen molar-refractivity contribution in [1.82, 2.24) is 9.21 Å². The Morgan fingerprint density at radius 1 is 1.18 bits per heavy atom. The fourth-order valence-corrected chi connectivity index (χ4v) is 5.16. The number of rotatable bonds is 3. The third kappa shape index (κ3) is 3.60. The summed E-state index contributed by atoms with van der Waals surface area (Å²) < 4.78 is 32.7. The van der Waals surface area contributed by atoms with E-state index in [9.17, 15) is 18.0 Å². The molecule has 2 aliphatic rings. The van der Waals surface area contributed by atoms with Crippen molar-refractivity contribution in [1.29, 1.82) is 0 Å². The number of fused-ring (bicyclic) bond motifs is 1. The van der Waals surface area contributed by atoms with Crippen LogP contribution in [0.1, 0.15) is 32.8 Å². The lowest BCUT2D eigenvalue weighted by Gasteiger charge is -2.37. The molecule has 0 saturated carbocycles. The third-order valence-corrected chi connectivity index (χ3v) is 7.32. The summed E-state index contributed by atoms with van der Waals surface area (Å²) in [7, 11) is -1.98. The molecule has 2 heterocycles. The largest absolute Gasteiger partial charge is 0.450 e. The first kappa shape index (κ1) is 20.6. The molecule has 1 saturated heterocycles. The molecular weight excluding hydrogens is 382 g/mol.